The van der Waals surface area contributed by atoms with Crippen LogP contribution in [-0.2, 0) is 10.2 Å². The molecule has 1 aromatic carbocycles. The fourth-order valence-corrected chi connectivity index (χ4v) is 5.43. The molecule has 1 aliphatic carbocycles. The highest BCUT2D eigenvalue weighted by Crippen LogP contribution is 2.42. The third-order valence-electron chi connectivity index (χ3n) is 7.43. The highest BCUT2D eigenvalue weighted by atomic mass is 16.4. The van der Waals surface area contributed by atoms with Gasteiger partial charge in [0.25, 0.3) is 5.91 Å². The van der Waals surface area contributed by atoms with Crippen LogP contribution in [-0.4, -0.2) is 47.6 Å². The van der Waals surface area contributed by atoms with Gasteiger partial charge >= 0.3 is 5.97 Å². The van der Waals surface area contributed by atoms with Crippen LogP contribution >= 0.6 is 0 Å². The van der Waals surface area contributed by atoms with Gasteiger partial charge < -0.3 is 15.3 Å². The predicted octanol–water partition coefficient (Wildman–Crippen LogP) is 3.58. The number of carboxylic acids is 1. The van der Waals surface area contributed by atoms with E-state index in [0.29, 0.717) is 11.3 Å². The number of rotatable bonds is 6. The number of hydrogen-bond acceptors (Lipinski definition) is 3. The fraction of sp³-hybridized carbons (Fsp3) is 0.652. The first-order valence-corrected chi connectivity index (χ1v) is 10.9. The molecule has 152 valence electrons. The topological polar surface area (TPSA) is 69.6 Å². The summed E-state index contributed by atoms with van der Waals surface area (Å²) in [4.78, 5) is 25.9. The Morgan fingerprint density at radius 2 is 1.61 bits per heavy atom. The maximum atomic E-state index is 12.7. The molecule has 0 atom stereocenters. The molecule has 0 spiro atoms. The summed E-state index contributed by atoms with van der Waals surface area (Å²) in [6, 6.07) is 8.57. The lowest BCUT2D eigenvalue weighted by molar-refractivity contribution is -0.137. The number of aliphatic carboxylic acids is 1. The van der Waals surface area contributed by atoms with E-state index in [9.17, 15) is 9.59 Å². The number of piperidine rings is 3. The molecule has 1 saturated carbocycles. The third-order valence-corrected chi connectivity index (χ3v) is 7.43. The number of benzene rings is 1. The van der Waals surface area contributed by atoms with Gasteiger partial charge in [0, 0.05) is 18.0 Å². The number of carboxylic acid groups (broad SMARTS) is 1. The number of amides is 1. The molecule has 28 heavy (non-hydrogen) atoms. The molecule has 3 aliphatic heterocycles. The van der Waals surface area contributed by atoms with E-state index in [1.54, 1.807) is 0 Å². The molecule has 3 saturated heterocycles. The second-order valence-electron chi connectivity index (χ2n) is 9.07. The standard InChI is InChI=1S/C23H32N2O3/c26-21(27)10-3-17-1-8-20(9-2-17)24-22(28)18-4-6-19(7-5-18)23-11-14-25(15-12-23)16-13-23/h4-7,17,20H,1-3,8-16H2,(H,24,28)(H,26,27). The lowest BCUT2D eigenvalue weighted by Gasteiger charge is -2.48. The van der Waals surface area contributed by atoms with Crippen LogP contribution in [0, 0.1) is 5.92 Å². The Morgan fingerprint density at radius 3 is 2.18 bits per heavy atom. The largest absolute Gasteiger partial charge is 0.481 e. The zero-order valence-corrected chi connectivity index (χ0v) is 16.7. The minimum absolute atomic E-state index is 0.0245. The molecule has 4 aliphatic rings. The SMILES string of the molecule is O=C(O)CCC1CCC(NC(=O)c2ccc(C34CCN(CC3)CC4)cc2)CC1. The van der Waals surface area contributed by atoms with Crippen molar-refractivity contribution in [3.05, 3.63) is 35.4 Å². The number of carbonyl (C=O) groups is 2. The molecule has 1 amide bonds. The van der Waals surface area contributed by atoms with Crippen molar-refractivity contribution < 1.29 is 14.7 Å². The minimum Gasteiger partial charge on any atom is -0.481 e. The van der Waals surface area contributed by atoms with Crippen molar-refractivity contribution in [1.82, 2.24) is 10.2 Å². The number of nitrogens with zero attached hydrogens (tertiary/aromatic N) is 1. The highest BCUT2D eigenvalue weighted by Gasteiger charge is 2.40. The van der Waals surface area contributed by atoms with Crippen LogP contribution in [0.4, 0.5) is 0 Å². The minimum atomic E-state index is -0.711. The second kappa shape index (κ2) is 8.24. The van der Waals surface area contributed by atoms with E-state index in [0.717, 1.165) is 37.7 Å². The van der Waals surface area contributed by atoms with Crippen molar-refractivity contribution in [3.8, 4) is 0 Å². The maximum Gasteiger partial charge on any atom is 0.303 e. The van der Waals surface area contributed by atoms with E-state index in [-0.39, 0.29) is 18.4 Å². The van der Waals surface area contributed by atoms with Crippen LogP contribution in [0.25, 0.3) is 0 Å². The quantitative estimate of drug-likeness (QED) is 0.787. The average molecular weight is 385 g/mol. The van der Waals surface area contributed by atoms with Crippen molar-refractivity contribution in [2.24, 2.45) is 5.92 Å². The number of nitrogens with one attached hydrogen (secondary N) is 1. The van der Waals surface area contributed by atoms with E-state index in [2.05, 4.69) is 22.3 Å². The Balaban J connectivity index is 1.29. The summed E-state index contributed by atoms with van der Waals surface area (Å²) in [7, 11) is 0. The van der Waals surface area contributed by atoms with Gasteiger partial charge in [-0.05, 0) is 100 Å². The Morgan fingerprint density at radius 1 is 1.00 bits per heavy atom. The zero-order chi connectivity index (χ0) is 19.6. The number of fused-ring (bicyclic) bond motifs is 3. The second-order valence-corrected chi connectivity index (χ2v) is 9.07. The Labute approximate surface area is 167 Å². The summed E-state index contributed by atoms with van der Waals surface area (Å²) in [6.07, 6.45) is 8.66. The summed E-state index contributed by atoms with van der Waals surface area (Å²) in [5, 5.41) is 12.0. The lowest BCUT2D eigenvalue weighted by atomic mass is 9.67. The summed E-state index contributed by atoms with van der Waals surface area (Å²) in [5.74, 6) is -0.196. The van der Waals surface area contributed by atoms with E-state index in [1.807, 2.05) is 12.1 Å². The fourth-order valence-electron chi connectivity index (χ4n) is 5.43. The van der Waals surface area contributed by atoms with E-state index >= 15 is 0 Å². The third kappa shape index (κ3) is 4.24. The molecular formula is C23H32N2O3. The van der Waals surface area contributed by atoms with E-state index < -0.39 is 5.97 Å². The molecule has 3 heterocycles. The summed E-state index contributed by atoms with van der Waals surface area (Å²) >= 11 is 0. The number of carbonyl (C=O) groups excluding carboxylic acids is 1. The summed E-state index contributed by atoms with van der Waals surface area (Å²) in [5.41, 5.74) is 2.49. The Hall–Kier alpha value is -1.88. The molecule has 0 aromatic heterocycles. The van der Waals surface area contributed by atoms with Gasteiger partial charge in [0.05, 0.1) is 0 Å². The molecule has 5 nitrogen and oxygen atoms in total. The van der Waals surface area contributed by atoms with Gasteiger partial charge in [-0.1, -0.05) is 12.1 Å². The average Bonchev–Trinajstić information content (AvgIpc) is 2.74. The summed E-state index contributed by atoms with van der Waals surface area (Å²) in [6.45, 7) is 3.62. The Kier molecular flexibility index (Phi) is 5.72. The molecule has 1 aromatic rings. The molecule has 5 heteroatoms. The Bertz CT molecular complexity index is 685. The van der Waals surface area contributed by atoms with Crippen molar-refractivity contribution in [2.75, 3.05) is 19.6 Å². The molecule has 2 N–H and O–H groups in total. The van der Waals surface area contributed by atoms with Gasteiger partial charge in [-0.3, -0.25) is 9.59 Å². The first kappa shape index (κ1) is 19.4. The van der Waals surface area contributed by atoms with Gasteiger partial charge in [-0.25, -0.2) is 0 Å². The highest BCUT2D eigenvalue weighted by molar-refractivity contribution is 5.94. The van der Waals surface area contributed by atoms with Gasteiger partial charge in [0.2, 0.25) is 0 Å². The van der Waals surface area contributed by atoms with Gasteiger partial charge in [0.15, 0.2) is 0 Å². The first-order chi connectivity index (χ1) is 13.5. The first-order valence-electron chi connectivity index (χ1n) is 10.9. The monoisotopic (exact) mass is 384 g/mol. The van der Waals surface area contributed by atoms with E-state index in [1.165, 1.54) is 44.5 Å². The summed E-state index contributed by atoms with van der Waals surface area (Å²) < 4.78 is 0. The van der Waals surface area contributed by atoms with Crippen molar-refractivity contribution in [3.63, 3.8) is 0 Å². The van der Waals surface area contributed by atoms with Crippen molar-refractivity contribution in [1.29, 1.82) is 0 Å². The normalized spacial score (nSPS) is 32.1. The van der Waals surface area contributed by atoms with Gasteiger partial charge in [-0.2, -0.15) is 0 Å². The molecule has 4 fully saturated rings. The maximum absolute atomic E-state index is 12.7. The lowest BCUT2D eigenvalue weighted by Crippen LogP contribution is -2.50. The van der Waals surface area contributed by atoms with Gasteiger partial charge in [-0.15, -0.1) is 0 Å². The predicted molar refractivity (Wildman–Crippen MR) is 108 cm³/mol. The molecule has 5 rings (SSSR count). The van der Waals surface area contributed by atoms with E-state index in [4.69, 9.17) is 5.11 Å². The van der Waals surface area contributed by atoms with Crippen molar-refractivity contribution in [2.45, 2.75) is 69.2 Å². The molecular weight excluding hydrogens is 352 g/mol. The van der Waals surface area contributed by atoms with Crippen LogP contribution in [0.3, 0.4) is 0 Å². The smallest absolute Gasteiger partial charge is 0.303 e. The van der Waals surface area contributed by atoms with Gasteiger partial charge in [0.1, 0.15) is 0 Å². The molecule has 0 radical (unpaired) electrons. The zero-order valence-electron chi connectivity index (χ0n) is 16.7. The molecule has 0 unspecified atom stereocenters. The van der Waals surface area contributed by atoms with Crippen LogP contribution in [0.5, 0.6) is 0 Å². The van der Waals surface area contributed by atoms with Crippen LogP contribution in [0.2, 0.25) is 0 Å². The van der Waals surface area contributed by atoms with Crippen LogP contribution in [0.15, 0.2) is 24.3 Å². The van der Waals surface area contributed by atoms with Crippen molar-refractivity contribution >= 4 is 11.9 Å². The van der Waals surface area contributed by atoms with Crippen LogP contribution < -0.4 is 5.32 Å². The van der Waals surface area contributed by atoms with Crippen LogP contribution in [0.1, 0.15) is 73.7 Å². The number of hydrogen-bond donors (Lipinski definition) is 2. The molecule has 2 bridgehead atoms.